The number of nitrogens with zero attached hydrogens (tertiary/aromatic N) is 5. The van der Waals surface area contributed by atoms with Crippen LogP contribution in [-0.4, -0.2) is 36.4 Å². The van der Waals surface area contributed by atoms with E-state index >= 15 is 0 Å². The van der Waals surface area contributed by atoms with E-state index in [2.05, 4.69) is 20.5 Å². The van der Waals surface area contributed by atoms with Crippen molar-refractivity contribution >= 4 is 39.1 Å². The molecule has 2 amide bonds. The number of pyridine rings is 1. The van der Waals surface area contributed by atoms with E-state index in [1.807, 2.05) is 6.92 Å². The maximum absolute atomic E-state index is 13.8. The molecular formula is C24H20F3N7O3S. The second-order valence-corrected chi connectivity index (χ2v) is 9.31. The molecule has 5 heterocycles. The highest BCUT2D eigenvalue weighted by Gasteiger charge is 2.35. The van der Waals surface area contributed by atoms with Crippen LogP contribution in [0.1, 0.15) is 44.3 Å². The van der Waals surface area contributed by atoms with Crippen molar-refractivity contribution in [2.45, 2.75) is 33.1 Å². The zero-order chi connectivity index (χ0) is 27.2. The first-order chi connectivity index (χ1) is 18.0. The zero-order valence-corrected chi connectivity index (χ0v) is 20.9. The highest BCUT2D eigenvalue weighted by molar-refractivity contribution is 7.21. The van der Waals surface area contributed by atoms with E-state index in [0.29, 0.717) is 34.9 Å². The predicted molar refractivity (Wildman–Crippen MR) is 133 cm³/mol. The number of hydrogen-bond donors (Lipinski definition) is 2. The molecule has 0 unspecified atom stereocenters. The van der Waals surface area contributed by atoms with Gasteiger partial charge in [-0.25, -0.2) is 4.98 Å². The second kappa shape index (κ2) is 9.45. The van der Waals surface area contributed by atoms with Gasteiger partial charge in [0, 0.05) is 36.1 Å². The number of furan rings is 1. The molecule has 0 aliphatic rings. The van der Waals surface area contributed by atoms with Crippen molar-refractivity contribution in [2.75, 3.05) is 5.32 Å². The number of halogens is 3. The fourth-order valence-electron chi connectivity index (χ4n) is 4.01. The Bertz CT molecular complexity index is 1670. The lowest BCUT2D eigenvalue weighted by Gasteiger charge is -2.11. The van der Waals surface area contributed by atoms with Crippen LogP contribution in [0.4, 0.5) is 18.9 Å². The molecule has 3 N–H and O–H groups in total. The maximum Gasteiger partial charge on any atom is 0.433 e. The normalized spacial score (nSPS) is 11.8. The molecule has 0 aromatic carbocycles. The predicted octanol–water partition coefficient (Wildman–Crippen LogP) is 4.70. The number of carbonyl (C=O) groups excluding carboxylic acids is 2. The van der Waals surface area contributed by atoms with Crippen molar-refractivity contribution in [1.29, 1.82) is 0 Å². The number of primary amides is 1. The fraction of sp³-hybridized carbons (Fsp3) is 0.208. The smallest absolute Gasteiger partial charge is 0.433 e. The van der Waals surface area contributed by atoms with Crippen LogP contribution in [0, 0.1) is 6.92 Å². The maximum atomic E-state index is 13.8. The number of anilines is 1. The monoisotopic (exact) mass is 543 g/mol. The van der Waals surface area contributed by atoms with Gasteiger partial charge in [0.05, 0.1) is 17.9 Å². The third-order valence-electron chi connectivity index (χ3n) is 5.74. The Labute approximate surface area is 216 Å². The summed E-state index contributed by atoms with van der Waals surface area (Å²) < 4.78 is 50.1. The molecule has 0 aliphatic carbocycles. The lowest BCUT2D eigenvalue weighted by atomic mass is 10.0. The Morgan fingerprint density at radius 1 is 1.21 bits per heavy atom. The van der Waals surface area contributed by atoms with Crippen molar-refractivity contribution in [2.24, 2.45) is 5.73 Å². The summed E-state index contributed by atoms with van der Waals surface area (Å²) in [6.07, 6.45) is 0.180. The van der Waals surface area contributed by atoms with Crippen molar-refractivity contribution in [3.63, 3.8) is 0 Å². The minimum Gasteiger partial charge on any atom is -0.454 e. The summed E-state index contributed by atoms with van der Waals surface area (Å²) in [4.78, 5) is 29.0. The van der Waals surface area contributed by atoms with Crippen LogP contribution in [0.3, 0.4) is 0 Å². The molecule has 14 heteroatoms. The molecule has 0 atom stereocenters. The largest absolute Gasteiger partial charge is 0.454 e. The molecule has 0 saturated heterocycles. The van der Waals surface area contributed by atoms with Gasteiger partial charge < -0.3 is 15.5 Å². The Morgan fingerprint density at radius 2 is 2.00 bits per heavy atom. The minimum atomic E-state index is -4.75. The summed E-state index contributed by atoms with van der Waals surface area (Å²) in [6.45, 7) is 4.26. The number of carbonyl (C=O) groups is 2. The van der Waals surface area contributed by atoms with Crippen LogP contribution < -0.4 is 11.1 Å². The first kappa shape index (κ1) is 25.2. The van der Waals surface area contributed by atoms with Crippen LogP contribution >= 0.6 is 11.3 Å². The van der Waals surface area contributed by atoms with Crippen molar-refractivity contribution in [3.8, 4) is 11.1 Å². The molecule has 5 aromatic heterocycles. The number of hydrogen-bond acceptors (Lipinski definition) is 7. The molecule has 0 saturated carbocycles. The van der Waals surface area contributed by atoms with Crippen LogP contribution in [-0.2, 0) is 19.3 Å². The van der Waals surface area contributed by atoms with Crippen LogP contribution in [0.15, 0.2) is 47.3 Å². The lowest BCUT2D eigenvalue weighted by Crippen LogP contribution is -2.16. The fourth-order valence-corrected chi connectivity index (χ4v) is 5.01. The Balaban J connectivity index is 1.63. The molecule has 0 spiro atoms. The van der Waals surface area contributed by atoms with Gasteiger partial charge in [-0.1, -0.05) is 0 Å². The molecule has 0 fully saturated rings. The molecule has 0 bridgehead atoms. The quantitative estimate of drug-likeness (QED) is 0.306. The van der Waals surface area contributed by atoms with Crippen molar-refractivity contribution in [1.82, 2.24) is 24.5 Å². The number of aryl methyl sites for hydroxylation is 2. The van der Waals surface area contributed by atoms with Crippen LogP contribution in [0.2, 0.25) is 0 Å². The van der Waals surface area contributed by atoms with Gasteiger partial charge in [0.2, 0.25) is 0 Å². The number of aromatic nitrogens is 5. The van der Waals surface area contributed by atoms with Crippen LogP contribution in [0.25, 0.3) is 21.3 Å². The molecule has 0 aliphatic heterocycles. The van der Waals surface area contributed by atoms with E-state index in [9.17, 15) is 22.8 Å². The van der Waals surface area contributed by atoms with Gasteiger partial charge in [-0.3, -0.25) is 19.0 Å². The first-order valence-electron chi connectivity index (χ1n) is 11.3. The highest BCUT2D eigenvalue weighted by Crippen LogP contribution is 2.44. The van der Waals surface area contributed by atoms with E-state index in [1.165, 1.54) is 6.07 Å². The Morgan fingerprint density at radius 3 is 2.63 bits per heavy atom. The van der Waals surface area contributed by atoms with Crippen LogP contribution in [0.5, 0.6) is 0 Å². The molecule has 5 rings (SSSR count). The van der Waals surface area contributed by atoms with E-state index in [-0.39, 0.29) is 38.6 Å². The second-order valence-electron chi connectivity index (χ2n) is 8.31. The van der Waals surface area contributed by atoms with E-state index in [4.69, 9.17) is 10.2 Å². The molecule has 196 valence electrons. The summed E-state index contributed by atoms with van der Waals surface area (Å²) in [5, 5.41) is 11.2. The van der Waals surface area contributed by atoms with Gasteiger partial charge in [-0.05, 0) is 43.7 Å². The average molecular weight is 544 g/mol. The van der Waals surface area contributed by atoms with Crippen molar-refractivity contribution in [3.05, 3.63) is 70.6 Å². The summed E-state index contributed by atoms with van der Waals surface area (Å²) in [6, 6.07) is 5.67. The lowest BCUT2D eigenvalue weighted by molar-refractivity contribution is -0.140. The van der Waals surface area contributed by atoms with E-state index in [1.54, 1.807) is 47.0 Å². The summed E-state index contributed by atoms with van der Waals surface area (Å²) in [5.41, 5.74) is 5.34. The standard InChI is InChI=1S/C24H20F3N7O3S/c1-3-33-11-15(12(2)32-33)14-9-17(24(25,26)27)30-23-18(14)19(20(38-23)21(28)35)31-22(36)16-6-5-13(37-16)10-34-8-4-7-29-34/h4-9,11H,3,10H2,1-2H3,(H2,28,35)(H,31,36). The SMILES string of the molecule is CCn1cc(-c2cc(C(F)(F)F)nc3sc(C(N)=O)c(NC(=O)c4ccc(Cn5cccn5)o4)c23)c(C)n1. The zero-order valence-electron chi connectivity index (χ0n) is 20.0. The molecular weight excluding hydrogens is 523 g/mol. The van der Waals surface area contributed by atoms with Gasteiger partial charge in [-0.15, -0.1) is 11.3 Å². The molecule has 10 nitrogen and oxygen atoms in total. The number of alkyl halides is 3. The third-order valence-corrected chi connectivity index (χ3v) is 6.84. The van der Waals surface area contributed by atoms with E-state index < -0.39 is 23.7 Å². The molecule has 5 aromatic rings. The third kappa shape index (κ3) is 4.65. The molecule has 0 radical (unpaired) electrons. The van der Waals surface area contributed by atoms with Crippen molar-refractivity contribution < 1.29 is 27.2 Å². The number of rotatable bonds is 7. The number of amides is 2. The highest BCUT2D eigenvalue weighted by atomic mass is 32.1. The molecule has 38 heavy (non-hydrogen) atoms. The van der Waals surface area contributed by atoms with Gasteiger partial charge in [-0.2, -0.15) is 23.4 Å². The van der Waals surface area contributed by atoms with Gasteiger partial charge in [0.1, 0.15) is 21.2 Å². The van der Waals surface area contributed by atoms with Gasteiger partial charge in [0.25, 0.3) is 11.8 Å². The average Bonchev–Trinajstić information content (AvgIpc) is 3.65. The Kier molecular flexibility index (Phi) is 6.26. The minimum absolute atomic E-state index is 0.0487. The number of nitrogens with one attached hydrogen (secondary N) is 1. The topological polar surface area (TPSA) is 134 Å². The van der Waals surface area contributed by atoms with E-state index in [0.717, 1.165) is 6.07 Å². The summed E-state index contributed by atoms with van der Waals surface area (Å²) in [7, 11) is 0. The van der Waals surface area contributed by atoms with Gasteiger partial charge in [0.15, 0.2) is 5.76 Å². The Hall–Kier alpha value is -4.46. The number of fused-ring (bicyclic) bond motifs is 1. The summed E-state index contributed by atoms with van der Waals surface area (Å²) >= 11 is 0.665. The number of nitrogens with two attached hydrogens (primary N) is 1. The van der Waals surface area contributed by atoms with Gasteiger partial charge >= 0.3 is 6.18 Å². The summed E-state index contributed by atoms with van der Waals surface area (Å²) in [5.74, 6) is -1.27. The number of thiophene rings is 1. The first-order valence-corrected chi connectivity index (χ1v) is 12.1.